The molecule has 0 fully saturated rings. The first-order valence-corrected chi connectivity index (χ1v) is 3.71. The van der Waals surface area contributed by atoms with E-state index in [2.05, 4.69) is 0 Å². The largest absolute Gasteiger partial charge is 0.508 e. The Labute approximate surface area is 71.3 Å². The van der Waals surface area contributed by atoms with Crippen LogP contribution in [0.4, 0.5) is 0 Å². The zero-order valence-corrected chi connectivity index (χ0v) is 6.41. The summed E-state index contributed by atoms with van der Waals surface area (Å²) in [5.41, 5.74) is 0.175. The molecule has 0 aliphatic carbocycles. The summed E-state index contributed by atoms with van der Waals surface area (Å²) in [5.74, 6) is 0.0358. The highest BCUT2D eigenvalue weighted by Crippen LogP contribution is 2.23. The lowest BCUT2D eigenvalue weighted by Crippen LogP contribution is -1.76. The summed E-state index contributed by atoms with van der Waals surface area (Å²) < 4.78 is 0. The smallest absolute Gasteiger partial charge is 0.120 e. The summed E-state index contributed by atoms with van der Waals surface area (Å²) in [4.78, 5) is 0. The second kappa shape index (κ2) is 2.52. The van der Waals surface area contributed by atoms with Crippen LogP contribution in [0, 0.1) is 6.92 Å². The SMILES string of the molecule is [C]c1cc2ccccc2cc1O. The Balaban J connectivity index is 2.84. The molecule has 1 nitrogen and oxygen atoms in total. The van der Waals surface area contributed by atoms with Crippen molar-refractivity contribution in [1.82, 2.24) is 0 Å². The van der Waals surface area contributed by atoms with Crippen molar-refractivity contribution in [2.24, 2.45) is 0 Å². The maximum absolute atomic E-state index is 9.23. The Morgan fingerprint density at radius 1 is 1.00 bits per heavy atom. The van der Waals surface area contributed by atoms with E-state index in [0.29, 0.717) is 0 Å². The Morgan fingerprint density at radius 3 is 2.25 bits per heavy atom. The number of rotatable bonds is 0. The number of phenolic OH excluding ortho intramolecular Hbond substituents is 1. The number of benzene rings is 2. The summed E-state index contributed by atoms with van der Waals surface area (Å²) in [5, 5.41) is 11.2. The van der Waals surface area contributed by atoms with Crippen LogP contribution in [-0.2, 0) is 0 Å². The number of aromatic hydroxyl groups is 1. The standard InChI is InChI=1S/C11H7O/c1-8-6-9-4-2-3-5-10(9)7-11(8)12/h2-7,12H. The van der Waals surface area contributed by atoms with Crippen LogP contribution in [0.3, 0.4) is 0 Å². The van der Waals surface area contributed by atoms with Gasteiger partial charge in [0.25, 0.3) is 0 Å². The average Bonchev–Trinajstić information content (AvgIpc) is 2.07. The van der Waals surface area contributed by atoms with E-state index in [-0.39, 0.29) is 11.3 Å². The minimum Gasteiger partial charge on any atom is -0.508 e. The van der Waals surface area contributed by atoms with Crippen LogP contribution in [0.25, 0.3) is 10.8 Å². The minimum absolute atomic E-state index is 0.0358. The second-order valence-corrected chi connectivity index (χ2v) is 2.72. The van der Waals surface area contributed by atoms with Crippen LogP contribution in [0.15, 0.2) is 36.4 Å². The lowest BCUT2D eigenvalue weighted by atomic mass is 10.1. The van der Waals surface area contributed by atoms with Gasteiger partial charge in [-0.1, -0.05) is 24.3 Å². The fraction of sp³-hybridized carbons (Fsp3) is 0. The number of phenols is 1. The van der Waals surface area contributed by atoms with Crippen LogP contribution in [0.1, 0.15) is 5.56 Å². The van der Waals surface area contributed by atoms with Gasteiger partial charge < -0.3 is 5.11 Å². The Hall–Kier alpha value is -1.50. The summed E-state index contributed by atoms with van der Waals surface area (Å²) in [6.45, 7) is 7.35. The molecule has 0 saturated carbocycles. The highest BCUT2D eigenvalue weighted by Gasteiger charge is 1.97. The average molecular weight is 155 g/mol. The molecule has 12 heavy (non-hydrogen) atoms. The predicted octanol–water partition coefficient (Wildman–Crippen LogP) is 2.48. The molecule has 0 spiro atoms. The molecular formula is C11H7O. The first kappa shape index (κ1) is 7.17. The van der Waals surface area contributed by atoms with Gasteiger partial charge in [0, 0.05) is 12.5 Å². The fourth-order valence-corrected chi connectivity index (χ4v) is 1.23. The lowest BCUT2D eigenvalue weighted by Gasteiger charge is -2.00. The highest BCUT2D eigenvalue weighted by atomic mass is 16.3. The van der Waals surface area contributed by atoms with Crippen LogP contribution in [-0.4, -0.2) is 5.11 Å². The van der Waals surface area contributed by atoms with Gasteiger partial charge in [-0.25, -0.2) is 0 Å². The van der Waals surface area contributed by atoms with Gasteiger partial charge in [-0.3, -0.25) is 0 Å². The van der Waals surface area contributed by atoms with Gasteiger partial charge in [0.15, 0.2) is 0 Å². The molecule has 0 amide bonds. The first-order valence-electron chi connectivity index (χ1n) is 3.71. The molecule has 2 rings (SSSR count). The topological polar surface area (TPSA) is 20.2 Å². The van der Waals surface area contributed by atoms with Crippen molar-refractivity contribution < 1.29 is 5.11 Å². The van der Waals surface area contributed by atoms with Crippen molar-refractivity contribution in [1.29, 1.82) is 0 Å². The van der Waals surface area contributed by atoms with Crippen LogP contribution >= 0.6 is 0 Å². The fourth-order valence-electron chi connectivity index (χ4n) is 1.23. The number of hydrogen-bond acceptors (Lipinski definition) is 1. The zero-order valence-electron chi connectivity index (χ0n) is 6.41. The maximum atomic E-state index is 9.23. The molecular weight excluding hydrogens is 148 g/mol. The van der Waals surface area contributed by atoms with E-state index < -0.39 is 0 Å². The van der Waals surface area contributed by atoms with Crippen molar-refractivity contribution in [2.75, 3.05) is 0 Å². The molecule has 0 atom stereocenters. The summed E-state index contributed by atoms with van der Waals surface area (Å²) in [7, 11) is 0. The van der Waals surface area contributed by atoms with E-state index in [1.807, 2.05) is 24.3 Å². The van der Waals surface area contributed by atoms with Gasteiger partial charge in [-0.05, 0) is 22.9 Å². The summed E-state index contributed by atoms with van der Waals surface area (Å²) in [6.07, 6.45) is 0. The van der Waals surface area contributed by atoms with Gasteiger partial charge in [-0.2, -0.15) is 0 Å². The third kappa shape index (κ3) is 1.03. The monoisotopic (exact) mass is 155 g/mol. The zero-order chi connectivity index (χ0) is 8.55. The van der Waals surface area contributed by atoms with E-state index >= 15 is 0 Å². The molecule has 3 radical (unpaired) electrons. The Kier molecular flexibility index (Phi) is 1.51. The van der Waals surface area contributed by atoms with E-state index in [1.54, 1.807) is 12.1 Å². The summed E-state index contributed by atoms with van der Waals surface area (Å²) >= 11 is 0. The van der Waals surface area contributed by atoms with Crippen molar-refractivity contribution >= 4 is 10.8 Å². The molecule has 0 heterocycles. The molecule has 1 N–H and O–H groups in total. The Bertz CT molecular complexity index is 378. The third-order valence-electron chi connectivity index (χ3n) is 1.86. The van der Waals surface area contributed by atoms with Gasteiger partial charge >= 0.3 is 0 Å². The number of fused-ring (bicyclic) bond motifs is 1. The first-order chi connectivity index (χ1) is 5.77. The Morgan fingerprint density at radius 2 is 1.58 bits per heavy atom. The highest BCUT2D eigenvalue weighted by molar-refractivity contribution is 5.85. The summed E-state index contributed by atoms with van der Waals surface area (Å²) in [6, 6.07) is 10.9. The van der Waals surface area contributed by atoms with Gasteiger partial charge in [0.05, 0.1) is 0 Å². The van der Waals surface area contributed by atoms with Gasteiger partial charge in [-0.15, -0.1) is 0 Å². The van der Waals surface area contributed by atoms with Gasteiger partial charge in [0.2, 0.25) is 0 Å². The maximum Gasteiger partial charge on any atom is 0.120 e. The van der Waals surface area contributed by atoms with Crippen molar-refractivity contribution in [3.8, 4) is 5.75 Å². The van der Waals surface area contributed by atoms with E-state index in [9.17, 15) is 5.11 Å². The molecule has 2 aromatic rings. The molecule has 0 aliphatic heterocycles. The van der Waals surface area contributed by atoms with E-state index in [1.165, 1.54) is 0 Å². The van der Waals surface area contributed by atoms with Crippen molar-refractivity contribution in [3.05, 3.63) is 48.9 Å². The van der Waals surface area contributed by atoms with Gasteiger partial charge in [0.1, 0.15) is 5.75 Å². The molecule has 0 bridgehead atoms. The molecule has 0 aliphatic rings. The van der Waals surface area contributed by atoms with Crippen molar-refractivity contribution in [2.45, 2.75) is 0 Å². The van der Waals surface area contributed by atoms with E-state index in [0.717, 1.165) is 10.8 Å². The van der Waals surface area contributed by atoms with Crippen LogP contribution in [0.2, 0.25) is 0 Å². The minimum atomic E-state index is 0.0358. The predicted molar refractivity (Wildman–Crippen MR) is 48.0 cm³/mol. The normalized spacial score (nSPS) is 10.4. The third-order valence-corrected chi connectivity index (χ3v) is 1.86. The van der Waals surface area contributed by atoms with Crippen LogP contribution < -0.4 is 0 Å². The van der Waals surface area contributed by atoms with Crippen LogP contribution in [0.5, 0.6) is 5.75 Å². The molecule has 2 aromatic carbocycles. The quantitative estimate of drug-likeness (QED) is 0.619. The van der Waals surface area contributed by atoms with Crippen molar-refractivity contribution in [3.63, 3.8) is 0 Å². The molecule has 57 valence electrons. The van der Waals surface area contributed by atoms with E-state index in [4.69, 9.17) is 6.92 Å². The molecule has 1 heteroatoms. The molecule has 0 unspecified atom stereocenters. The number of hydrogen-bond donors (Lipinski definition) is 1. The molecule has 0 aromatic heterocycles. The lowest BCUT2D eigenvalue weighted by molar-refractivity contribution is 0.474. The second-order valence-electron chi connectivity index (χ2n) is 2.72. The molecule has 0 saturated heterocycles.